The molecule has 0 aromatic rings. The number of rotatable bonds is 7. The quantitative estimate of drug-likeness (QED) is 0.749. The molecule has 2 N–H and O–H groups in total. The van der Waals surface area contributed by atoms with Crippen molar-refractivity contribution in [2.75, 3.05) is 20.6 Å². The van der Waals surface area contributed by atoms with Crippen LogP contribution in [-0.2, 0) is 9.59 Å². The minimum atomic E-state index is -0.463. The van der Waals surface area contributed by atoms with Gasteiger partial charge in [0, 0.05) is 19.0 Å². The number of carbonyl (C=O) groups is 2. The van der Waals surface area contributed by atoms with Gasteiger partial charge in [0.25, 0.3) is 0 Å². The average molecular weight is 297 g/mol. The van der Waals surface area contributed by atoms with Crippen molar-refractivity contribution >= 4 is 11.8 Å². The van der Waals surface area contributed by atoms with Gasteiger partial charge in [0.1, 0.15) is 6.04 Å². The van der Waals surface area contributed by atoms with E-state index in [0.717, 1.165) is 12.8 Å². The SMILES string of the molecule is C[C@H](NC(=O)CC1CCCCC1)C(=O)NC[C@H](C)N(C)C. The van der Waals surface area contributed by atoms with E-state index in [1.807, 2.05) is 25.9 Å². The second-order valence-corrected chi connectivity index (χ2v) is 6.56. The summed E-state index contributed by atoms with van der Waals surface area (Å²) < 4.78 is 0. The van der Waals surface area contributed by atoms with E-state index in [2.05, 4.69) is 10.6 Å². The van der Waals surface area contributed by atoms with Gasteiger partial charge in [-0.1, -0.05) is 19.3 Å². The lowest BCUT2D eigenvalue weighted by atomic mass is 9.87. The van der Waals surface area contributed by atoms with Gasteiger partial charge >= 0.3 is 0 Å². The van der Waals surface area contributed by atoms with Gasteiger partial charge in [-0.2, -0.15) is 0 Å². The Morgan fingerprint density at radius 2 is 1.76 bits per heavy atom. The molecule has 0 radical (unpaired) electrons. The zero-order chi connectivity index (χ0) is 15.8. The van der Waals surface area contributed by atoms with Crippen LogP contribution >= 0.6 is 0 Å². The highest BCUT2D eigenvalue weighted by molar-refractivity contribution is 5.87. The van der Waals surface area contributed by atoms with Crippen LogP contribution < -0.4 is 10.6 Å². The smallest absolute Gasteiger partial charge is 0.242 e. The molecule has 0 saturated heterocycles. The van der Waals surface area contributed by atoms with E-state index >= 15 is 0 Å². The fourth-order valence-corrected chi connectivity index (χ4v) is 2.60. The summed E-state index contributed by atoms with van der Waals surface area (Å²) in [5.41, 5.74) is 0. The summed E-state index contributed by atoms with van der Waals surface area (Å²) in [6, 6.07) is -0.186. The van der Waals surface area contributed by atoms with Crippen LogP contribution in [0.1, 0.15) is 52.4 Å². The van der Waals surface area contributed by atoms with Gasteiger partial charge in [-0.05, 0) is 46.7 Å². The predicted molar refractivity (Wildman–Crippen MR) is 85.0 cm³/mol. The molecule has 1 aliphatic rings. The molecule has 2 amide bonds. The van der Waals surface area contributed by atoms with Crippen molar-refractivity contribution in [2.24, 2.45) is 5.92 Å². The Hall–Kier alpha value is -1.10. The van der Waals surface area contributed by atoms with E-state index in [0.29, 0.717) is 18.9 Å². The van der Waals surface area contributed by atoms with Crippen LogP contribution in [0, 0.1) is 5.92 Å². The van der Waals surface area contributed by atoms with Crippen molar-refractivity contribution in [2.45, 2.75) is 64.5 Å². The van der Waals surface area contributed by atoms with Crippen molar-refractivity contribution < 1.29 is 9.59 Å². The summed E-state index contributed by atoms with van der Waals surface area (Å²) in [4.78, 5) is 26.0. The van der Waals surface area contributed by atoms with Crippen LogP contribution in [-0.4, -0.2) is 49.4 Å². The normalized spacial score (nSPS) is 19.1. The number of amides is 2. The maximum Gasteiger partial charge on any atom is 0.242 e. The largest absolute Gasteiger partial charge is 0.353 e. The average Bonchev–Trinajstić information content (AvgIpc) is 2.44. The molecule has 1 saturated carbocycles. The molecular weight excluding hydrogens is 266 g/mol. The lowest BCUT2D eigenvalue weighted by Crippen LogP contribution is -2.48. The zero-order valence-electron chi connectivity index (χ0n) is 13.9. The molecule has 1 fully saturated rings. The molecule has 1 rings (SSSR count). The first-order valence-corrected chi connectivity index (χ1v) is 8.13. The van der Waals surface area contributed by atoms with E-state index in [4.69, 9.17) is 0 Å². The van der Waals surface area contributed by atoms with Crippen molar-refractivity contribution in [3.8, 4) is 0 Å². The second kappa shape index (κ2) is 9.03. The molecule has 0 aromatic heterocycles. The Morgan fingerprint density at radius 1 is 1.14 bits per heavy atom. The first-order chi connectivity index (χ1) is 9.90. The molecule has 0 aromatic carbocycles. The number of hydrogen-bond donors (Lipinski definition) is 2. The van der Waals surface area contributed by atoms with Crippen LogP contribution in [0.25, 0.3) is 0 Å². The summed E-state index contributed by atoms with van der Waals surface area (Å²) in [6.07, 6.45) is 6.61. The van der Waals surface area contributed by atoms with E-state index < -0.39 is 6.04 Å². The van der Waals surface area contributed by atoms with Gasteiger partial charge in [-0.15, -0.1) is 0 Å². The van der Waals surface area contributed by atoms with Crippen molar-refractivity contribution in [3.63, 3.8) is 0 Å². The highest BCUT2D eigenvalue weighted by Crippen LogP contribution is 2.26. The second-order valence-electron chi connectivity index (χ2n) is 6.56. The third kappa shape index (κ3) is 6.93. The molecule has 5 heteroatoms. The van der Waals surface area contributed by atoms with E-state index in [1.54, 1.807) is 6.92 Å². The third-order valence-corrected chi connectivity index (χ3v) is 4.42. The van der Waals surface area contributed by atoms with Crippen molar-refractivity contribution in [3.05, 3.63) is 0 Å². The standard InChI is InChI=1S/C16H31N3O2/c1-12(19(3)4)11-17-16(21)13(2)18-15(20)10-14-8-6-5-7-9-14/h12-14H,5-11H2,1-4H3,(H,17,21)(H,18,20)/t12-,13-/m0/s1. The van der Waals surface area contributed by atoms with Gasteiger partial charge in [0.05, 0.1) is 0 Å². The molecule has 21 heavy (non-hydrogen) atoms. The Morgan fingerprint density at radius 3 is 2.33 bits per heavy atom. The number of likely N-dealkylation sites (N-methyl/N-ethyl adjacent to an activating group) is 1. The van der Waals surface area contributed by atoms with Gasteiger partial charge < -0.3 is 15.5 Å². The summed E-state index contributed by atoms with van der Waals surface area (Å²) in [6.45, 7) is 4.38. The topological polar surface area (TPSA) is 61.4 Å². The summed E-state index contributed by atoms with van der Waals surface area (Å²) in [5.74, 6) is 0.397. The number of carbonyl (C=O) groups excluding carboxylic acids is 2. The number of nitrogens with one attached hydrogen (secondary N) is 2. The fraction of sp³-hybridized carbons (Fsp3) is 0.875. The van der Waals surface area contributed by atoms with E-state index in [1.165, 1.54) is 19.3 Å². The Labute approximate surface area is 128 Å². The maximum atomic E-state index is 12.0. The highest BCUT2D eigenvalue weighted by Gasteiger charge is 2.20. The fourth-order valence-electron chi connectivity index (χ4n) is 2.60. The van der Waals surface area contributed by atoms with Gasteiger partial charge in [-0.3, -0.25) is 9.59 Å². The number of hydrogen-bond acceptors (Lipinski definition) is 3. The molecule has 5 nitrogen and oxygen atoms in total. The van der Waals surface area contributed by atoms with Crippen LogP contribution in [0.4, 0.5) is 0 Å². The van der Waals surface area contributed by atoms with Crippen LogP contribution in [0.15, 0.2) is 0 Å². The van der Waals surface area contributed by atoms with E-state index in [-0.39, 0.29) is 17.9 Å². The van der Waals surface area contributed by atoms with Crippen LogP contribution in [0.5, 0.6) is 0 Å². The first kappa shape index (κ1) is 18.0. The molecule has 0 unspecified atom stereocenters. The van der Waals surface area contributed by atoms with Crippen molar-refractivity contribution in [1.82, 2.24) is 15.5 Å². The Kier molecular flexibility index (Phi) is 7.72. The zero-order valence-corrected chi connectivity index (χ0v) is 13.9. The molecule has 1 aliphatic carbocycles. The monoisotopic (exact) mass is 297 g/mol. The maximum absolute atomic E-state index is 12.0. The van der Waals surface area contributed by atoms with Crippen LogP contribution in [0.3, 0.4) is 0 Å². The third-order valence-electron chi connectivity index (χ3n) is 4.42. The van der Waals surface area contributed by atoms with Gasteiger partial charge in [-0.25, -0.2) is 0 Å². The molecule has 122 valence electrons. The Balaban J connectivity index is 2.25. The van der Waals surface area contributed by atoms with Crippen LogP contribution in [0.2, 0.25) is 0 Å². The van der Waals surface area contributed by atoms with E-state index in [9.17, 15) is 9.59 Å². The lowest BCUT2D eigenvalue weighted by molar-refractivity contribution is -0.129. The molecule has 0 heterocycles. The summed E-state index contributed by atoms with van der Waals surface area (Å²) in [5, 5.41) is 5.69. The van der Waals surface area contributed by atoms with Gasteiger partial charge in [0.2, 0.25) is 11.8 Å². The number of nitrogens with zero attached hydrogens (tertiary/aromatic N) is 1. The molecule has 0 bridgehead atoms. The molecule has 2 atom stereocenters. The highest BCUT2D eigenvalue weighted by atomic mass is 16.2. The summed E-state index contributed by atoms with van der Waals surface area (Å²) >= 11 is 0. The minimum Gasteiger partial charge on any atom is -0.353 e. The molecule has 0 aliphatic heterocycles. The molecule has 0 spiro atoms. The molecular formula is C16H31N3O2. The Bertz CT molecular complexity index is 338. The first-order valence-electron chi connectivity index (χ1n) is 8.13. The summed E-state index contributed by atoms with van der Waals surface area (Å²) in [7, 11) is 3.96. The van der Waals surface area contributed by atoms with Crippen molar-refractivity contribution in [1.29, 1.82) is 0 Å². The minimum absolute atomic E-state index is 0.00482. The van der Waals surface area contributed by atoms with Gasteiger partial charge in [0.15, 0.2) is 0 Å². The lowest BCUT2D eigenvalue weighted by Gasteiger charge is -2.23. The predicted octanol–water partition coefficient (Wildman–Crippen LogP) is 1.53.